The molecule has 1 N–H and O–H groups in total. The minimum atomic E-state index is -0.234. The lowest BCUT2D eigenvalue weighted by molar-refractivity contribution is 0.0712. The molecule has 2 aliphatic rings. The molecule has 2 aromatic heterocycles. The number of aromatic nitrogens is 3. The van der Waals surface area contributed by atoms with Crippen LogP contribution in [0.3, 0.4) is 0 Å². The van der Waals surface area contributed by atoms with Crippen LogP contribution in [0, 0.1) is 12.7 Å². The SMILES string of the molecule is Cc1c(Nc2ccc3c(cnn3C)c2)c(C(=O)N2CCC(c3ccc(F)cc3)CC2)cn(C2CCCC2)c1=O. The highest BCUT2D eigenvalue weighted by molar-refractivity contribution is 6.01. The lowest BCUT2D eigenvalue weighted by Crippen LogP contribution is -2.39. The van der Waals surface area contributed by atoms with E-state index in [-0.39, 0.29) is 23.3 Å². The number of carbonyl (C=O) groups is 1. The van der Waals surface area contributed by atoms with Crippen LogP contribution in [-0.4, -0.2) is 38.2 Å². The minimum absolute atomic E-state index is 0.0431. The summed E-state index contributed by atoms with van der Waals surface area (Å²) in [6.45, 7) is 3.05. The fraction of sp³-hybridized carbons (Fsp3) is 0.387. The number of aryl methyl sites for hydroxylation is 1. The second-order valence-electron chi connectivity index (χ2n) is 11.0. The molecule has 0 atom stereocenters. The monoisotopic (exact) mass is 527 g/mol. The molecule has 8 heteroatoms. The van der Waals surface area contributed by atoms with Gasteiger partial charge in [0, 0.05) is 49.0 Å². The maximum atomic E-state index is 14.1. The summed E-state index contributed by atoms with van der Waals surface area (Å²) in [6, 6.07) is 12.8. The molecule has 0 spiro atoms. The topological polar surface area (TPSA) is 72.2 Å². The Morgan fingerprint density at radius 3 is 2.46 bits per heavy atom. The second kappa shape index (κ2) is 10.3. The maximum Gasteiger partial charge on any atom is 0.257 e. The summed E-state index contributed by atoms with van der Waals surface area (Å²) in [6.07, 6.45) is 9.36. The Morgan fingerprint density at radius 1 is 1.03 bits per heavy atom. The number of benzene rings is 2. The number of hydrogen-bond acceptors (Lipinski definition) is 4. The van der Waals surface area contributed by atoms with Gasteiger partial charge in [-0.05, 0) is 74.4 Å². The molecule has 1 aliphatic heterocycles. The molecule has 0 bridgehead atoms. The van der Waals surface area contributed by atoms with E-state index in [1.165, 1.54) is 12.1 Å². The molecule has 1 amide bonds. The maximum absolute atomic E-state index is 14.1. The van der Waals surface area contributed by atoms with E-state index in [1.54, 1.807) is 10.8 Å². The van der Waals surface area contributed by atoms with Gasteiger partial charge in [-0.1, -0.05) is 25.0 Å². The molecule has 2 aromatic carbocycles. The highest BCUT2D eigenvalue weighted by Gasteiger charge is 2.29. The van der Waals surface area contributed by atoms with E-state index in [1.807, 2.05) is 60.1 Å². The summed E-state index contributed by atoms with van der Waals surface area (Å²) in [5.41, 5.74) is 4.55. The van der Waals surface area contributed by atoms with E-state index in [9.17, 15) is 14.0 Å². The third-order valence-electron chi connectivity index (χ3n) is 8.56. The quantitative estimate of drug-likeness (QED) is 0.342. The number of pyridine rings is 1. The summed E-state index contributed by atoms with van der Waals surface area (Å²) in [7, 11) is 1.90. The van der Waals surface area contributed by atoms with Crippen LogP contribution >= 0.6 is 0 Å². The molecule has 1 saturated heterocycles. The van der Waals surface area contributed by atoms with Gasteiger partial charge >= 0.3 is 0 Å². The van der Waals surface area contributed by atoms with Crippen molar-refractivity contribution >= 4 is 28.2 Å². The Balaban J connectivity index is 1.32. The lowest BCUT2D eigenvalue weighted by atomic mass is 9.89. The zero-order valence-electron chi connectivity index (χ0n) is 22.5. The van der Waals surface area contributed by atoms with Crippen LogP contribution in [0.25, 0.3) is 10.9 Å². The van der Waals surface area contributed by atoms with Crippen molar-refractivity contribution in [3.8, 4) is 0 Å². The second-order valence-corrected chi connectivity index (χ2v) is 11.0. The molecule has 202 valence electrons. The highest BCUT2D eigenvalue weighted by Crippen LogP contribution is 2.34. The number of rotatable bonds is 5. The fourth-order valence-corrected chi connectivity index (χ4v) is 6.25. The van der Waals surface area contributed by atoms with Gasteiger partial charge in [-0.3, -0.25) is 14.3 Å². The van der Waals surface area contributed by atoms with Crippen molar-refractivity contribution in [2.75, 3.05) is 18.4 Å². The largest absolute Gasteiger partial charge is 0.354 e. The molecule has 0 unspecified atom stereocenters. The molecule has 3 heterocycles. The number of carbonyl (C=O) groups excluding carboxylic acids is 1. The fourth-order valence-electron chi connectivity index (χ4n) is 6.25. The number of likely N-dealkylation sites (tertiary alicyclic amines) is 1. The molecular formula is C31H34FN5O2. The first-order valence-electron chi connectivity index (χ1n) is 13.9. The molecule has 2 fully saturated rings. The number of anilines is 2. The first-order valence-corrected chi connectivity index (χ1v) is 13.9. The molecular weight excluding hydrogens is 493 g/mol. The van der Waals surface area contributed by atoms with Crippen LogP contribution in [-0.2, 0) is 7.05 Å². The van der Waals surface area contributed by atoms with E-state index in [0.717, 1.165) is 60.7 Å². The van der Waals surface area contributed by atoms with Crippen molar-refractivity contribution in [2.45, 2.75) is 57.4 Å². The highest BCUT2D eigenvalue weighted by atomic mass is 19.1. The van der Waals surface area contributed by atoms with Gasteiger partial charge in [0.1, 0.15) is 5.82 Å². The average Bonchev–Trinajstić information content (AvgIpc) is 3.62. The summed E-state index contributed by atoms with van der Waals surface area (Å²) in [4.78, 5) is 29.5. The van der Waals surface area contributed by atoms with E-state index in [0.29, 0.717) is 35.8 Å². The predicted molar refractivity (Wildman–Crippen MR) is 151 cm³/mol. The number of piperidine rings is 1. The van der Waals surface area contributed by atoms with E-state index >= 15 is 0 Å². The van der Waals surface area contributed by atoms with Crippen LogP contribution in [0.1, 0.15) is 72.0 Å². The Hall–Kier alpha value is -3.94. The van der Waals surface area contributed by atoms with Crippen LogP contribution in [0.2, 0.25) is 0 Å². The van der Waals surface area contributed by atoms with Gasteiger partial charge < -0.3 is 14.8 Å². The van der Waals surface area contributed by atoms with Gasteiger partial charge in [0.15, 0.2) is 0 Å². The molecule has 0 radical (unpaired) electrons. The average molecular weight is 528 g/mol. The van der Waals surface area contributed by atoms with Crippen molar-refractivity contribution in [2.24, 2.45) is 7.05 Å². The van der Waals surface area contributed by atoms with Crippen molar-refractivity contribution in [1.82, 2.24) is 19.2 Å². The third kappa shape index (κ3) is 4.84. The van der Waals surface area contributed by atoms with Crippen molar-refractivity contribution in [1.29, 1.82) is 0 Å². The van der Waals surface area contributed by atoms with Gasteiger partial charge in [-0.2, -0.15) is 5.10 Å². The summed E-state index contributed by atoms with van der Waals surface area (Å²) in [5.74, 6) is 0.00168. The molecule has 1 aliphatic carbocycles. The Bertz CT molecular complexity index is 1580. The Morgan fingerprint density at radius 2 is 1.74 bits per heavy atom. The van der Waals surface area contributed by atoms with Crippen LogP contribution < -0.4 is 10.9 Å². The zero-order valence-corrected chi connectivity index (χ0v) is 22.5. The van der Waals surface area contributed by atoms with Crippen molar-refractivity contribution < 1.29 is 9.18 Å². The molecule has 39 heavy (non-hydrogen) atoms. The zero-order chi connectivity index (χ0) is 27.1. The predicted octanol–water partition coefficient (Wildman–Crippen LogP) is 6.06. The molecule has 6 rings (SSSR count). The summed E-state index contributed by atoms with van der Waals surface area (Å²) < 4.78 is 17.0. The molecule has 7 nitrogen and oxygen atoms in total. The summed E-state index contributed by atoms with van der Waals surface area (Å²) >= 11 is 0. The van der Waals surface area contributed by atoms with Gasteiger partial charge in [0.05, 0.1) is 23.0 Å². The number of nitrogens with zero attached hydrogens (tertiary/aromatic N) is 4. The normalized spacial score (nSPS) is 16.7. The Labute approximate surface area is 227 Å². The van der Waals surface area contributed by atoms with Gasteiger partial charge in [-0.25, -0.2) is 4.39 Å². The number of nitrogens with one attached hydrogen (secondary N) is 1. The van der Waals surface area contributed by atoms with Gasteiger partial charge in [0.25, 0.3) is 11.5 Å². The molecule has 1 saturated carbocycles. The Kier molecular flexibility index (Phi) is 6.71. The van der Waals surface area contributed by atoms with Gasteiger partial charge in [-0.15, -0.1) is 0 Å². The van der Waals surface area contributed by atoms with E-state index in [2.05, 4.69) is 10.4 Å². The van der Waals surface area contributed by atoms with Crippen molar-refractivity contribution in [3.63, 3.8) is 0 Å². The van der Waals surface area contributed by atoms with Crippen LogP contribution in [0.4, 0.5) is 15.8 Å². The molecule has 4 aromatic rings. The van der Waals surface area contributed by atoms with Crippen LogP contribution in [0.5, 0.6) is 0 Å². The number of hydrogen-bond donors (Lipinski definition) is 1. The number of fused-ring (bicyclic) bond motifs is 1. The van der Waals surface area contributed by atoms with E-state index < -0.39 is 0 Å². The van der Waals surface area contributed by atoms with Gasteiger partial charge in [0.2, 0.25) is 0 Å². The first kappa shape index (κ1) is 25.3. The third-order valence-corrected chi connectivity index (χ3v) is 8.56. The van der Waals surface area contributed by atoms with Crippen molar-refractivity contribution in [3.05, 3.63) is 87.7 Å². The van der Waals surface area contributed by atoms with Crippen LogP contribution in [0.15, 0.2) is 59.7 Å². The number of amides is 1. The lowest BCUT2D eigenvalue weighted by Gasteiger charge is -2.33. The summed E-state index contributed by atoms with van der Waals surface area (Å²) in [5, 5.41) is 8.74. The smallest absolute Gasteiger partial charge is 0.257 e. The standard InChI is InChI=1S/C31H34FN5O2/c1-20-29(34-25-11-12-28-23(17-25)18-33-35(28)2)27(19-37(30(20)38)26-5-3-4-6-26)31(39)36-15-13-22(14-16-36)21-7-9-24(32)10-8-21/h7-12,17-19,22,26,34H,3-6,13-16H2,1-2H3. The number of halogens is 1. The first-order chi connectivity index (χ1) is 18.9. The minimum Gasteiger partial charge on any atom is -0.354 e. The van der Waals surface area contributed by atoms with E-state index in [4.69, 9.17) is 0 Å².